The minimum atomic E-state index is -0.917. The van der Waals surface area contributed by atoms with Crippen LogP contribution in [0.4, 0.5) is 0 Å². The average molecular weight is 287 g/mol. The minimum absolute atomic E-state index is 0.251. The maximum atomic E-state index is 11.4. The first-order valence-electron chi connectivity index (χ1n) is 7.59. The molecule has 1 aromatic heterocycles. The average Bonchev–Trinajstić information content (AvgIpc) is 2.87. The third-order valence-corrected chi connectivity index (χ3v) is 4.05. The molecule has 0 amide bonds. The highest BCUT2D eigenvalue weighted by molar-refractivity contribution is 6.01. The lowest BCUT2D eigenvalue weighted by molar-refractivity contribution is 0.0699. The predicted molar refractivity (Wildman–Crippen MR) is 82.6 cm³/mol. The number of hydrogen-bond acceptors (Lipinski definition) is 3. The molecule has 0 unspecified atom stereocenters. The van der Waals surface area contributed by atoms with Crippen LogP contribution in [0.3, 0.4) is 0 Å². The van der Waals surface area contributed by atoms with E-state index in [1.165, 1.54) is 19.3 Å². The maximum Gasteiger partial charge on any atom is 0.337 e. The van der Waals surface area contributed by atoms with Gasteiger partial charge in [-0.05, 0) is 31.4 Å². The first-order valence-corrected chi connectivity index (χ1v) is 7.59. The van der Waals surface area contributed by atoms with Gasteiger partial charge in [0.15, 0.2) is 0 Å². The Morgan fingerprint density at radius 2 is 1.95 bits per heavy atom. The topological polar surface area (TPSA) is 58.4 Å². The van der Waals surface area contributed by atoms with E-state index in [1.54, 1.807) is 12.1 Å². The van der Waals surface area contributed by atoms with E-state index in [0.29, 0.717) is 5.52 Å². The van der Waals surface area contributed by atoms with Crippen molar-refractivity contribution in [1.82, 2.24) is 9.66 Å². The molecule has 2 aromatic rings. The van der Waals surface area contributed by atoms with Crippen LogP contribution in [0.5, 0.6) is 0 Å². The van der Waals surface area contributed by atoms with Crippen LogP contribution in [-0.2, 0) is 0 Å². The number of hydrogen-bond donors (Lipinski definition) is 1. The first kappa shape index (κ1) is 13.9. The third-order valence-electron chi connectivity index (χ3n) is 4.05. The van der Waals surface area contributed by atoms with Crippen LogP contribution in [0.1, 0.15) is 55.2 Å². The fourth-order valence-corrected chi connectivity index (χ4v) is 3.03. The zero-order valence-electron chi connectivity index (χ0n) is 12.5. The Bertz CT molecular complexity index is 669. The summed E-state index contributed by atoms with van der Waals surface area (Å²) in [4.78, 5) is 16.1. The van der Waals surface area contributed by atoms with Crippen LogP contribution in [0.15, 0.2) is 18.2 Å². The van der Waals surface area contributed by atoms with Crippen molar-refractivity contribution < 1.29 is 9.90 Å². The largest absolute Gasteiger partial charge is 0.478 e. The van der Waals surface area contributed by atoms with E-state index in [2.05, 4.69) is 28.5 Å². The van der Waals surface area contributed by atoms with Gasteiger partial charge < -0.3 is 10.1 Å². The summed E-state index contributed by atoms with van der Waals surface area (Å²) in [7, 11) is 0. The molecular formula is C16H21N3O2. The molecule has 21 heavy (non-hydrogen) atoms. The Morgan fingerprint density at radius 1 is 1.24 bits per heavy atom. The summed E-state index contributed by atoms with van der Waals surface area (Å²) in [6.07, 6.45) is 3.62. The van der Waals surface area contributed by atoms with E-state index in [4.69, 9.17) is 0 Å². The Labute approximate surface area is 124 Å². The van der Waals surface area contributed by atoms with Gasteiger partial charge in [0.1, 0.15) is 11.3 Å². The second-order valence-electron chi connectivity index (χ2n) is 5.93. The van der Waals surface area contributed by atoms with Crippen LogP contribution >= 0.6 is 0 Å². The highest BCUT2D eigenvalue weighted by Crippen LogP contribution is 2.26. The molecule has 0 aliphatic carbocycles. The van der Waals surface area contributed by atoms with Gasteiger partial charge in [-0.1, -0.05) is 19.9 Å². The molecule has 5 nitrogen and oxygen atoms in total. The number of imidazole rings is 1. The van der Waals surface area contributed by atoms with Gasteiger partial charge in [-0.2, -0.15) is 0 Å². The molecule has 1 fully saturated rings. The summed E-state index contributed by atoms with van der Waals surface area (Å²) >= 11 is 0. The van der Waals surface area contributed by atoms with Crippen LogP contribution in [0.25, 0.3) is 11.0 Å². The number of benzene rings is 1. The van der Waals surface area contributed by atoms with Gasteiger partial charge in [0, 0.05) is 19.0 Å². The van der Waals surface area contributed by atoms with Gasteiger partial charge in [-0.3, -0.25) is 0 Å². The molecule has 0 radical (unpaired) electrons. The zero-order valence-corrected chi connectivity index (χ0v) is 12.5. The molecule has 1 aliphatic heterocycles. The number of aromatic nitrogens is 2. The molecule has 0 bridgehead atoms. The number of piperidine rings is 1. The number of carboxylic acids is 1. The lowest BCUT2D eigenvalue weighted by Gasteiger charge is -2.32. The maximum absolute atomic E-state index is 11.4. The standard InChI is InChI=1S/C16H21N3O2/c1-11(2)15-17-14-12(16(20)21)7-6-8-13(14)19(15)18-9-4-3-5-10-18/h6-8,11H,3-5,9-10H2,1-2H3,(H,20,21). The fourth-order valence-electron chi connectivity index (χ4n) is 3.03. The minimum Gasteiger partial charge on any atom is -0.478 e. The molecule has 1 saturated heterocycles. The molecule has 3 rings (SSSR count). The zero-order chi connectivity index (χ0) is 15.0. The SMILES string of the molecule is CC(C)c1nc2c(C(=O)O)cccc2n1N1CCCCC1. The highest BCUT2D eigenvalue weighted by atomic mass is 16.4. The smallest absolute Gasteiger partial charge is 0.337 e. The van der Waals surface area contributed by atoms with Crippen molar-refractivity contribution in [1.29, 1.82) is 0 Å². The monoisotopic (exact) mass is 287 g/mol. The van der Waals surface area contributed by atoms with Crippen LogP contribution < -0.4 is 5.01 Å². The van der Waals surface area contributed by atoms with Gasteiger partial charge in [-0.25, -0.2) is 14.5 Å². The number of fused-ring (bicyclic) bond motifs is 1. The Kier molecular flexibility index (Phi) is 3.57. The lowest BCUT2D eigenvalue weighted by Crippen LogP contribution is -2.40. The van der Waals surface area contributed by atoms with E-state index in [9.17, 15) is 9.90 Å². The lowest BCUT2D eigenvalue weighted by atomic mass is 10.1. The molecular weight excluding hydrogens is 266 g/mol. The number of para-hydroxylation sites is 1. The molecule has 1 aliphatic rings. The number of nitrogens with zero attached hydrogens (tertiary/aromatic N) is 3. The third kappa shape index (κ3) is 2.37. The molecule has 0 atom stereocenters. The molecule has 2 heterocycles. The van der Waals surface area contributed by atoms with E-state index in [-0.39, 0.29) is 11.5 Å². The molecule has 112 valence electrons. The second kappa shape index (κ2) is 5.39. The molecule has 1 aromatic carbocycles. The van der Waals surface area contributed by atoms with Crippen molar-refractivity contribution in [3.8, 4) is 0 Å². The number of aromatic carboxylic acids is 1. The first-order chi connectivity index (χ1) is 10.1. The Balaban J connectivity index is 2.22. The van der Waals surface area contributed by atoms with Gasteiger partial charge >= 0.3 is 5.97 Å². The summed E-state index contributed by atoms with van der Waals surface area (Å²) in [6, 6.07) is 5.40. The molecule has 0 spiro atoms. The number of rotatable bonds is 3. The highest BCUT2D eigenvalue weighted by Gasteiger charge is 2.22. The van der Waals surface area contributed by atoms with E-state index in [1.807, 2.05) is 6.07 Å². The predicted octanol–water partition coefficient (Wildman–Crippen LogP) is 2.98. The quantitative estimate of drug-likeness (QED) is 0.943. The van der Waals surface area contributed by atoms with E-state index in [0.717, 1.165) is 24.4 Å². The Morgan fingerprint density at radius 3 is 2.57 bits per heavy atom. The summed E-state index contributed by atoms with van der Waals surface area (Å²) in [5, 5.41) is 11.7. The van der Waals surface area contributed by atoms with Crippen molar-refractivity contribution in [2.75, 3.05) is 18.1 Å². The number of carboxylic acid groups (broad SMARTS) is 1. The van der Waals surface area contributed by atoms with E-state index < -0.39 is 5.97 Å². The molecule has 0 saturated carbocycles. The second-order valence-corrected chi connectivity index (χ2v) is 5.93. The summed E-state index contributed by atoms with van der Waals surface area (Å²) in [5.74, 6) is 0.278. The van der Waals surface area contributed by atoms with Gasteiger partial charge in [0.25, 0.3) is 0 Å². The molecule has 5 heteroatoms. The van der Waals surface area contributed by atoms with Gasteiger partial charge in [0.05, 0.1) is 11.1 Å². The van der Waals surface area contributed by atoms with Gasteiger partial charge in [-0.15, -0.1) is 0 Å². The summed E-state index contributed by atoms with van der Waals surface area (Å²) in [6.45, 7) is 6.20. The van der Waals surface area contributed by atoms with Crippen LogP contribution in [0, 0.1) is 0 Å². The number of carbonyl (C=O) groups is 1. The van der Waals surface area contributed by atoms with E-state index >= 15 is 0 Å². The Hall–Kier alpha value is -2.04. The van der Waals surface area contributed by atoms with Crippen molar-refractivity contribution in [3.63, 3.8) is 0 Å². The van der Waals surface area contributed by atoms with Gasteiger partial charge in [0.2, 0.25) is 0 Å². The van der Waals surface area contributed by atoms with Crippen molar-refractivity contribution in [2.24, 2.45) is 0 Å². The molecule has 1 N–H and O–H groups in total. The summed E-state index contributed by atoms with van der Waals surface area (Å²) in [5.41, 5.74) is 1.78. The van der Waals surface area contributed by atoms with Crippen molar-refractivity contribution >= 4 is 17.0 Å². The fraction of sp³-hybridized carbons (Fsp3) is 0.500. The van der Waals surface area contributed by atoms with Crippen LogP contribution in [-0.4, -0.2) is 33.8 Å². The van der Waals surface area contributed by atoms with Crippen molar-refractivity contribution in [2.45, 2.75) is 39.0 Å². The van der Waals surface area contributed by atoms with Crippen LogP contribution in [0.2, 0.25) is 0 Å². The van der Waals surface area contributed by atoms with Crippen molar-refractivity contribution in [3.05, 3.63) is 29.6 Å². The summed E-state index contributed by atoms with van der Waals surface area (Å²) < 4.78 is 2.14. The normalized spacial score (nSPS) is 15.9.